The summed E-state index contributed by atoms with van der Waals surface area (Å²) >= 11 is 1.36. The highest BCUT2D eigenvalue weighted by Crippen LogP contribution is 2.17. The van der Waals surface area contributed by atoms with Gasteiger partial charge in [0.25, 0.3) is 5.56 Å². The minimum atomic E-state index is -0.127. The van der Waals surface area contributed by atoms with Gasteiger partial charge in [0.1, 0.15) is 0 Å². The maximum atomic E-state index is 12.7. The fraction of sp³-hybridized carbons (Fsp3) is 0.190. The Bertz CT molecular complexity index is 1160. The zero-order chi connectivity index (χ0) is 18.8. The predicted octanol–water partition coefficient (Wildman–Crippen LogP) is 3.21. The van der Waals surface area contributed by atoms with Crippen molar-refractivity contribution in [3.63, 3.8) is 0 Å². The lowest BCUT2D eigenvalue weighted by atomic mass is 10.2. The number of nitrogens with zero attached hydrogens (tertiary/aromatic N) is 4. The summed E-state index contributed by atoms with van der Waals surface area (Å²) in [5.41, 5.74) is 2.97. The molecule has 27 heavy (non-hydrogen) atoms. The Kier molecular flexibility index (Phi) is 4.73. The molecule has 5 nitrogen and oxygen atoms in total. The fourth-order valence-electron chi connectivity index (χ4n) is 3.06. The van der Waals surface area contributed by atoms with E-state index in [-0.39, 0.29) is 5.56 Å². The van der Waals surface area contributed by atoms with Crippen LogP contribution in [-0.4, -0.2) is 27.7 Å². The Morgan fingerprint density at radius 3 is 2.37 bits per heavy atom. The van der Waals surface area contributed by atoms with Gasteiger partial charge in [0.2, 0.25) is 4.96 Å². The van der Waals surface area contributed by atoms with Gasteiger partial charge in [0, 0.05) is 24.3 Å². The highest BCUT2D eigenvalue weighted by Gasteiger charge is 2.11. The van der Waals surface area contributed by atoms with Crippen LogP contribution in [0.3, 0.4) is 0 Å². The van der Waals surface area contributed by atoms with Crippen LogP contribution in [0.1, 0.15) is 19.4 Å². The molecule has 4 aromatic rings. The number of rotatable bonds is 5. The molecule has 2 aromatic carbocycles. The van der Waals surface area contributed by atoms with Gasteiger partial charge in [-0.05, 0) is 37.6 Å². The highest BCUT2D eigenvalue weighted by molar-refractivity contribution is 7.15. The van der Waals surface area contributed by atoms with Crippen molar-refractivity contribution < 1.29 is 0 Å². The molecule has 0 atom stereocenters. The molecule has 0 spiro atoms. The molecule has 2 heterocycles. The van der Waals surface area contributed by atoms with Crippen LogP contribution in [0.4, 0.5) is 5.69 Å². The van der Waals surface area contributed by atoms with E-state index in [2.05, 4.69) is 41.0 Å². The van der Waals surface area contributed by atoms with Crippen LogP contribution in [0.2, 0.25) is 0 Å². The van der Waals surface area contributed by atoms with E-state index in [9.17, 15) is 4.79 Å². The highest BCUT2D eigenvalue weighted by atomic mass is 32.1. The van der Waals surface area contributed by atoms with Gasteiger partial charge in [0.15, 0.2) is 5.82 Å². The van der Waals surface area contributed by atoms with Crippen molar-refractivity contribution in [3.05, 3.63) is 75.0 Å². The van der Waals surface area contributed by atoms with E-state index in [0.29, 0.717) is 15.3 Å². The average molecular weight is 376 g/mol. The van der Waals surface area contributed by atoms with Gasteiger partial charge in [0.05, 0.1) is 4.53 Å². The quantitative estimate of drug-likeness (QED) is 0.537. The molecule has 0 aliphatic carbocycles. The molecule has 4 rings (SSSR count). The summed E-state index contributed by atoms with van der Waals surface area (Å²) in [6.45, 7) is 6.24. The number of aromatic nitrogens is 3. The fourth-order valence-corrected chi connectivity index (χ4v) is 3.97. The minimum absolute atomic E-state index is 0.127. The summed E-state index contributed by atoms with van der Waals surface area (Å²) in [5, 5.41) is 4.38. The van der Waals surface area contributed by atoms with Gasteiger partial charge in [-0.3, -0.25) is 4.79 Å². The Morgan fingerprint density at radius 1 is 1.04 bits per heavy atom. The van der Waals surface area contributed by atoms with E-state index in [0.717, 1.165) is 24.2 Å². The van der Waals surface area contributed by atoms with Crippen molar-refractivity contribution in [1.82, 2.24) is 14.6 Å². The van der Waals surface area contributed by atoms with Gasteiger partial charge in [-0.2, -0.15) is 9.50 Å². The molecular formula is C21H20N4OS. The molecular weight excluding hydrogens is 356 g/mol. The number of hydrogen-bond donors (Lipinski definition) is 0. The minimum Gasteiger partial charge on any atom is -0.372 e. The monoisotopic (exact) mass is 376 g/mol. The van der Waals surface area contributed by atoms with Crippen LogP contribution in [0.25, 0.3) is 22.4 Å². The van der Waals surface area contributed by atoms with Crippen LogP contribution in [0.15, 0.2) is 59.4 Å². The second-order valence-corrected chi connectivity index (χ2v) is 7.18. The molecule has 0 fully saturated rings. The largest absolute Gasteiger partial charge is 0.372 e. The van der Waals surface area contributed by atoms with E-state index in [4.69, 9.17) is 0 Å². The van der Waals surface area contributed by atoms with Crippen LogP contribution in [0.5, 0.6) is 0 Å². The second kappa shape index (κ2) is 7.32. The Balaban J connectivity index is 1.69. The molecule has 0 saturated heterocycles. The Hall–Kier alpha value is -2.99. The van der Waals surface area contributed by atoms with Crippen LogP contribution in [-0.2, 0) is 0 Å². The Morgan fingerprint density at radius 2 is 1.74 bits per heavy atom. The number of anilines is 1. The predicted molar refractivity (Wildman–Crippen MR) is 111 cm³/mol. The van der Waals surface area contributed by atoms with E-state index in [1.807, 2.05) is 48.5 Å². The third-order valence-electron chi connectivity index (χ3n) is 4.53. The molecule has 0 radical (unpaired) electrons. The molecule has 136 valence electrons. The maximum absolute atomic E-state index is 12.7. The van der Waals surface area contributed by atoms with E-state index in [1.54, 1.807) is 0 Å². The molecule has 0 unspecified atom stereocenters. The second-order valence-electron chi connectivity index (χ2n) is 6.18. The Labute approximate surface area is 161 Å². The molecule has 0 aliphatic rings. The van der Waals surface area contributed by atoms with Crippen molar-refractivity contribution >= 4 is 28.1 Å². The number of thiazole rings is 1. The number of hydrogen-bond acceptors (Lipinski definition) is 5. The van der Waals surface area contributed by atoms with Gasteiger partial charge >= 0.3 is 0 Å². The molecule has 0 amide bonds. The SMILES string of the molecule is CCN(CC)c1ccc(/C=c2/sc3nc(-c4ccccc4)nn3c2=O)cc1. The lowest BCUT2D eigenvalue weighted by molar-refractivity contribution is 0.866. The van der Waals surface area contributed by atoms with E-state index >= 15 is 0 Å². The number of benzene rings is 2. The summed E-state index contributed by atoms with van der Waals surface area (Å²) in [4.78, 5) is 20.1. The molecule has 0 N–H and O–H groups in total. The third kappa shape index (κ3) is 3.36. The van der Waals surface area contributed by atoms with Crippen LogP contribution in [0, 0.1) is 0 Å². The number of fused-ring (bicyclic) bond motifs is 1. The summed E-state index contributed by atoms with van der Waals surface area (Å²) in [6.07, 6.45) is 1.90. The molecule has 6 heteroatoms. The average Bonchev–Trinajstić information content (AvgIpc) is 3.25. The zero-order valence-corrected chi connectivity index (χ0v) is 16.1. The van der Waals surface area contributed by atoms with Crippen molar-refractivity contribution in [1.29, 1.82) is 0 Å². The van der Waals surface area contributed by atoms with Crippen LogP contribution < -0.4 is 15.0 Å². The normalized spacial score (nSPS) is 12.0. The van der Waals surface area contributed by atoms with Gasteiger partial charge in [-0.25, -0.2) is 0 Å². The summed E-state index contributed by atoms with van der Waals surface area (Å²) in [6, 6.07) is 18.0. The molecule has 0 bridgehead atoms. The van der Waals surface area contributed by atoms with Gasteiger partial charge in [-0.1, -0.05) is 53.8 Å². The first kappa shape index (κ1) is 17.4. The summed E-state index contributed by atoms with van der Waals surface area (Å²) in [7, 11) is 0. The molecule has 0 aliphatic heterocycles. The van der Waals surface area contributed by atoms with E-state index in [1.165, 1.54) is 21.5 Å². The van der Waals surface area contributed by atoms with Crippen molar-refractivity contribution in [2.45, 2.75) is 13.8 Å². The topological polar surface area (TPSA) is 50.5 Å². The van der Waals surface area contributed by atoms with Crippen molar-refractivity contribution in [2.24, 2.45) is 0 Å². The lowest BCUT2D eigenvalue weighted by Crippen LogP contribution is -2.23. The van der Waals surface area contributed by atoms with Crippen molar-refractivity contribution in [2.75, 3.05) is 18.0 Å². The zero-order valence-electron chi connectivity index (χ0n) is 15.3. The molecule has 2 aromatic heterocycles. The smallest absolute Gasteiger partial charge is 0.291 e. The van der Waals surface area contributed by atoms with Gasteiger partial charge in [-0.15, -0.1) is 5.10 Å². The van der Waals surface area contributed by atoms with Crippen LogP contribution >= 0.6 is 11.3 Å². The van der Waals surface area contributed by atoms with Crippen molar-refractivity contribution in [3.8, 4) is 11.4 Å². The standard InChI is InChI=1S/C21H20N4OS/c1-3-24(4-2)17-12-10-15(11-13-17)14-18-20(26)25-21(27-18)22-19(23-25)16-8-6-5-7-9-16/h5-14H,3-4H2,1-2H3/b18-14+. The summed E-state index contributed by atoms with van der Waals surface area (Å²) in [5.74, 6) is 0.578. The maximum Gasteiger partial charge on any atom is 0.291 e. The third-order valence-corrected chi connectivity index (χ3v) is 5.49. The lowest BCUT2D eigenvalue weighted by Gasteiger charge is -2.20. The first-order chi connectivity index (χ1) is 13.2. The first-order valence-electron chi connectivity index (χ1n) is 9.01. The van der Waals surface area contributed by atoms with E-state index < -0.39 is 0 Å². The summed E-state index contributed by atoms with van der Waals surface area (Å²) < 4.78 is 2.03. The first-order valence-corrected chi connectivity index (χ1v) is 9.83. The van der Waals surface area contributed by atoms with Gasteiger partial charge < -0.3 is 4.90 Å². The molecule has 0 saturated carbocycles.